The molecule has 16 heavy (non-hydrogen) atoms. The molecule has 0 fully saturated rings. The third-order valence-corrected chi connectivity index (χ3v) is 2.61. The van der Waals surface area contributed by atoms with Crippen LogP contribution in [0.4, 0.5) is 0 Å². The Hall–Kier alpha value is -2.16. The number of fused-ring (bicyclic) bond motifs is 1. The summed E-state index contributed by atoms with van der Waals surface area (Å²) in [5, 5.41) is 4.17. The van der Waals surface area contributed by atoms with Crippen LogP contribution in [0.15, 0.2) is 48.8 Å². The van der Waals surface area contributed by atoms with E-state index < -0.39 is 0 Å². The van der Waals surface area contributed by atoms with E-state index in [2.05, 4.69) is 29.1 Å². The molecule has 3 aromatic rings. The van der Waals surface area contributed by atoms with Gasteiger partial charge in [-0.3, -0.25) is 0 Å². The lowest BCUT2D eigenvalue weighted by Crippen LogP contribution is -1.95. The van der Waals surface area contributed by atoms with E-state index in [-0.39, 0.29) is 0 Å². The molecular weight excluding hydrogens is 198 g/mol. The number of aryl methyl sites for hydroxylation is 1. The fourth-order valence-corrected chi connectivity index (χ4v) is 1.83. The van der Waals surface area contributed by atoms with Crippen LogP contribution in [0.3, 0.4) is 0 Å². The van der Waals surface area contributed by atoms with Gasteiger partial charge in [0, 0.05) is 17.8 Å². The number of hydrogen-bond acceptors (Lipinski definition) is 2. The quantitative estimate of drug-likeness (QED) is 0.616. The molecule has 2 heterocycles. The number of rotatable bonds is 1. The Balaban J connectivity index is 2.27. The molecule has 0 N–H and O–H groups in total. The molecule has 0 aliphatic carbocycles. The minimum atomic E-state index is 0.879. The lowest BCUT2D eigenvalue weighted by Gasteiger charge is -2.05. The highest BCUT2D eigenvalue weighted by Crippen LogP contribution is 2.20. The van der Waals surface area contributed by atoms with Crippen LogP contribution in [-0.4, -0.2) is 14.6 Å². The van der Waals surface area contributed by atoms with Gasteiger partial charge < -0.3 is 0 Å². The van der Waals surface area contributed by atoms with Crippen LogP contribution in [0, 0.1) is 6.92 Å². The highest BCUT2D eigenvalue weighted by Gasteiger charge is 2.05. The van der Waals surface area contributed by atoms with Crippen LogP contribution in [0.2, 0.25) is 0 Å². The van der Waals surface area contributed by atoms with Gasteiger partial charge in [0.05, 0.1) is 11.9 Å². The molecular formula is C13H11N3. The average molecular weight is 209 g/mol. The Labute approximate surface area is 93.4 Å². The third-order valence-electron chi connectivity index (χ3n) is 2.61. The van der Waals surface area contributed by atoms with Gasteiger partial charge in [0.25, 0.3) is 0 Å². The van der Waals surface area contributed by atoms with Gasteiger partial charge in [-0.25, -0.2) is 9.50 Å². The van der Waals surface area contributed by atoms with E-state index in [1.165, 1.54) is 0 Å². The molecule has 0 spiro atoms. The Bertz CT molecular complexity index is 626. The Morgan fingerprint density at radius 1 is 1.06 bits per heavy atom. The van der Waals surface area contributed by atoms with Crippen LogP contribution in [0.5, 0.6) is 0 Å². The maximum atomic E-state index is 4.61. The van der Waals surface area contributed by atoms with E-state index in [1.54, 1.807) is 10.7 Å². The first-order valence-corrected chi connectivity index (χ1v) is 5.21. The summed E-state index contributed by atoms with van der Waals surface area (Å²) < 4.78 is 1.79. The number of hydrogen-bond donors (Lipinski definition) is 0. The molecule has 3 rings (SSSR count). The van der Waals surface area contributed by atoms with E-state index in [0.717, 1.165) is 22.5 Å². The van der Waals surface area contributed by atoms with Crippen molar-refractivity contribution in [2.24, 2.45) is 0 Å². The number of aromatic nitrogens is 3. The monoisotopic (exact) mass is 209 g/mol. The molecule has 3 heteroatoms. The fraction of sp³-hybridized carbons (Fsp3) is 0.0769. The van der Waals surface area contributed by atoms with Crippen molar-refractivity contribution in [1.82, 2.24) is 14.6 Å². The van der Waals surface area contributed by atoms with Crippen molar-refractivity contribution in [2.45, 2.75) is 6.92 Å². The molecule has 0 aliphatic rings. The standard InChI is InChI=1S/C13H11N3/c1-10-9-16-12(7-8-14-16)15-13(10)11-5-3-2-4-6-11/h2-9H,1H3. The first kappa shape index (κ1) is 9.09. The minimum absolute atomic E-state index is 0.879. The second-order valence-corrected chi connectivity index (χ2v) is 3.77. The predicted molar refractivity (Wildman–Crippen MR) is 63.2 cm³/mol. The van der Waals surface area contributed by atoms with Crippen molar-refractivity contribution < 1.29 is 0 Å². The van der Waals surface area contributed by atoms with Gasteiger partial charge in [-0.2, -0.15) is 5.10 Å². The van der Waals surface area contributed by atoms with Gasteiger partial charge in [-0.1, -0.05) is 30.3 Å². The maximum Gasteiger partial charge on any atom is 0.155 e. The first-order chi connectivity index (χ1) is 7.84. The molecule has 0 saturated heterocycles. The first-order valence-electron chi connectivity index (χ1n) is 5.21. The second-order valence-electron chi connectivity index (χ2n) is 3.77. The lowest BCUT2D eigenvalue weighted by atomic mass is 10.1. The van der Waals surface area contributed by atoms with E-state index in [9.17, 15) is 0 Å². The number of nitrogens with zero attached hydrogens (tertiary/aromatic N) is 3. The summed E-state index contributed by atoms with van der Waals surface area (Å²) in [6, 6.07) is 12.1. The largest absolute Gasteiger partial charge is 0.228 e. The molecule has 3 nitrogen and oxygen atoms in total. The molecule has 0 saturated carbocycles. The molecule has 0 bridgehead atoms. The molecule has 0 radical (unpaired) electrons. The molecule has 0 aliphatic heterocycles. The van der Waals surface area contributed by atoms with Crippen LogP contribution in [-0.2, 0) is 0 Å². The summed E-state index contributed by atoms with van der Waals surface area (Å²) in [4.78, 5) is 4.61. The average Bonchev–Trinajstić information content (AvgIpc) is 2.76. The Morgan fingerprint density at radius 2 is 1.88 bits per heavy atom. The summed E-state index contributed by atoms with van der Waals surface area (Å²) in [6.45, 7) is 2.05. The summed E-state index contributed by atoms with van der Waals surface area (Å²) in [7, 11) is 0. The number of benzene rings is 1. The summed E-state index contributed by atoms with van der Waals surface area (Å²) in [6.07, 6.45) is 3.77. The summed E-state index contributed by atoms with van der Waals surface area (Å²) in [5.74, 6) is 0. The zero-order valence-corrected chi connectivity index (χ0v) is 8.96. The molecule has 1 aromatic carbocycles. The minimum Gasteiger partial charge on any atom is -0.228 e. The van der Waals surface area contributed by atoms with E-state index in [1.807, 2.05) is 30.5 Å². The highest BCUT2D eigenvalue weighted by atomic mass is 15.2. The Kier molecular flexibility index (Phi) is 1.96. The predicted octanol–water partition coefficient (Wildman–Crippen LogP) is 2.70. The van der Waals surface area contributed by atoms with Crippen molar-refractivity contribution in [2.75, 3.05) is 0 Å². The normalized spacial score (nSPS) is 10.8. The van der Waals surface area contributed by atoms with Crippen molar-refractivity contribution in [1.29, 1.82) is 0 Å². The molecule has 0 atom stereocenters. The Morgan fingerprint density at radius 3 is 2.69 bits per heavy atom. The van der Waals surface area contributed by atoms with Gasteiger partial charge >= 0.3 is 0 Å². The van der Waals surface area contributed by atoms with E-state index in [0.29, 0.717) is 0 Å². The van der Waals surface area contributed by atoms with Gasteiger partial charge in [0.1, 0.15) is 0 Å². The van der Waals surface area contributed by atoms with Crippen LogP contribution >= 0.6 is 0 Å². The van der Waals surface area contributed by atoms with E-state index >= 15 is 0 Å². The smallest absolute Gasteiger partial charge is 0.155 e. The van der Waals surface area contributed by atoms with Crippen LogP contribution < -0.4 is 0 Å². The molecule has 0 amide bonds. The lowest BCUT2D eigenvalue weighted by molar-refractivity contribution is 0.930. The van der Waals surface area contributed by atoms with Crippen molar-refractivity contribution >= 4 is 5.65 Å². The SMILES string of the molecule is Cc1cn2nccc2nc1-c1ccccc1. The topological polar surface area (TPSA) is 30.2 Å². The van der Waals surface area contributed by atoms with Gasteiger partial charge in [0.15, 0.2) is 5.65 Å². The molecule has 78 valence electrons. The highest BCUT2D eigenvalue weighted by molar-refractivity contribution is 5.64. The zero-order valence-electron chi connectivity index (χ0n) is 8.96. The molecule has 0 unspecified atom stereocenters. The molecule has 2 aromatic heterocycles. The van der Waals surface area contributed by atoms with Crippen molar-refractivity contribution in [3.63, 3.8) is 0 Å². The van der Waals surface area contributed by atoms with Gasteiger partial charge in [0.2, 0.25) is 0 Å². The maximum absolute atomic E-state index is 4.61. The van der Waals surface area contributed by atoms with Crippen molar-refractivity contribution in [3.8, 4) is 11.3 Å². The summed E-state index contributed by atoms with van der Waals surface area (Å²) >= 11 is 0. The van der Waals surface area contributed by atoms with Gasteiger partial charge in [-0.15, -0.1) is 0 Å². The van der Waals surface area contributed by atoms with Crippen LogP contribution in [0.1, 0.15) is 5.56 Å². The van der Waals surface area contributed by atoms with Gasteiger partial charge in [-0.05, 0) is 12.5 Å². The van der Waals surface area contributed by atoms with Crippen LogP contribution in [0.25, 0.3) is 16.9 Å². The fourth-order valence-electron chi connectivity index (χ4n) is 1.83. The second kappa shape index (κ2) is 3.45. The van der Waals surface area contributed by atoms with E-state index in [4.69, 9.17) is 0 Å². The van der Waals surface area contributed by atoms with Crippen molar-refractivity contribution in [3.05, 3.63) is 54.4 Å². The third kappa shape index (κ3) is 1.37. The summed E-state index contributed by atoms with van der Waals surface area (Å²) in [5.41, 5.74) is 4.17. The zero-order chi connectivity index (χ0) is 11.0.